The Morgan fingerprint density at radius 3 is 2.00 bits per heavy atom. The van der Waals surface area contributed by atoms with Gasteiger partial charge in [0.2, 0.25) is 0 Å². The van der Waals surface area contributed by atoms with Gasteiger partial charge in [0.15, 0.2) is 0 Å². The van der Waals surface area contributed by atoms with E-state index < -0.39 is 23.2 Å². The lowest BCUT2D eigenvalue weighted by atomic mass is 10.1. The molecule has 2 aromatic carbocycles. The van der Waals surface area contributed by atoms with Crippen molar-refractivity contribution in [1.82, 2.24) is 15.2 Å². The molecule has 1 aromatic heterocycles. The summed E-state index contributed by atoms with van der Waals surface area (Å²) in [5.41, 5.74) is -0.104. The van der Waals surface area contributed by atoms with E-state index in [0.717, 1.165) is 17.8 Å². The first-order chi connectivity index (χ1) is 13.9. The zero-order chi connectivity index (χ0) is 20.9. The fraction of sp³-hybridized carbons (Fsp3) is 0.143. The van der Waals surface area contributed by atoms with Gasteiger partial charge in [0, 0.05) is 36.7 Å². The van der Waals surface area contributed by atoms with Gasteiger partial charge in [0.25, 0.3) is 11.8 Å². The SMILES string of the molecule is O=C(NCCNC(=O)c1ccccc1C(F)(F)F)c1ccc(-n2cccc2)cc1. The molecule has 0 atom stereocenters. The monoisotopic (exact) mass is 401 g/mol. The van der Waals surface area contributed by atoms with Crippen LogP contribution in [0.5, 0.6) is 0 Å². The summed E-state index contributed by atoms with van der Waals surface area (Å²) >= 11 is 0. The molecule has 2 N–H and O–H groups in total. The quantitative estimate of drug-likeness (QED) is 0.620. The third-order valence-corrected chi connectivity index (χ3v) is 4.21. The number of nitrogens with zero attached hydrogens (tertiary/aromatic N) is 1. The van der Waals surface area contributed by atoms with Crippen molar-refractivity contribution in [2.24, 2.45) is 0 Å². The number of hydrogen-bond donors (Lipinski definition) is 2. The molecule has 0 saturated heterocycles. The first-order valence-electron chi connectivity index (χ1n) is 8.82. The molecule has 0 aliphatic rings. The molecule has 29 heavy (non-hydrogen) atoms. The number of rotatable bonds is 6. The zero-order valence-electron chi connectivity index (χ0n) is 15.2. The molecule has 0 unspecified atom stereocenters. The third kappa shape index (κ3) is 5.04. The zero-order valence-corrected chi connectivity index (χ0v) is 15.2. The fourth-order valence-corrected chi connectivity index (χ4v) is 2.77. The molecule has 1 heterocycles. The van der Waals surface area contributed by atoms with E-state index in [2.05, 4.69) is 10.6 Å². The van der Waals surface area contributed by atoms with E-state index in [9.17, 15) is 22.8 Å². The Kier molecular flexibility index (Phi) is 6.01. The van der Waals surface area contributed by atoms with Crippen LogP contribution in [0.15, 0.2) is 73.1 Å². The molecule has 0 aliphatic heterocycles. The van der Waals surface area contributed by atoms with Crippen LogP contribution in [0.1, 0.15) is 26.3 Å². The van der Waals surface area contributed by atoms with Gasteiger partial charge in [-0.1, -0.05) is 12.1 Å². The molecular formula is C21H18F3N3O2. The second-order valence-corrected chi connectivity index (χ2v) is 6.19. The standard InChI is InChI=1S/C21H18F3N3O2/c22-21(23,24)18-6-2-1-5-17(18)20(29)26-12-11-25-19(28)15-7-9-16(10-8-15)27-13-3-4-14-27/h1-10,13-14H,11-12H2,(H,25,28)(H,26,29). The Morgan fingerprint density at radius 2 is 1.38 bits per heavy atom. The molecule has 0 fully saturated rings. The Labute approximate surface area is 165 Å². The van der Waals surface area contributed by atoms with Crippen LogP contribution in [0.4, 0.5) is 13.2 Å². The first-order valence-corrected chi connectivity index (χ1v) is 8.82. The van der Waals surface area contributed by atoms with Crippen LogP contribution < -0.4 is 10.6 Å². The Morgan fingerprint density at radius 1 is 0.793 bits per heavy atom. The van der Waals surface area contributed by atoms with Crippen molar-refractivity contribution in [2.45, 2.75) is 6.18 Å². The minimum Gasteiger partial charge on any atom is -0.350 e. The van der Waals surface area contributed by atoms with Crippen molar-refractivity contribution < 1.29 is 22.8 Å². The molecule has 5 nitrogen and oxygen atoms in total. The van der Waals surface area contributed by atoms with E-state index in [-0.39, 0.29) is 19.0 Å². The van der Waals surface area contributed by atoms with Gasteiger partial charge < -0.3 is 15.2 Å². The molecule has 0 spiro atoms. The van der Waals surface area contributed by atoms with Crippen molar-refractivity contribution >= 4 is 11.8 Å². The van der Waals surface area contributed by atoms with Gasteiger partial charge in [0.1, 0.15) is 0 Å². The molecule has 0 radical (unpaired) electrons. The van der Waals surface area contributed by atoms with Crippen molar-refractivity contribution in [2.75, 3.05) is 13.1 Å². The Bertz CT molecular complexity index is 981. The minimum atomic E-state index is -4.62. The number of halogens is 3. The highest BCUT2D eigenvalue weighted by Gasteiger charge is 2.34. The van der Waals surface area contributed by atoms with E-state index in [1.165, 1.54) is 12.1 Å². The molecular weight excluding hydrogens is 383 g/mol. The highest BCUT2D eigenvalue weighted by molar-refractivity contribution is 5.96. The summed E-state index contributed by atoms with van der Waals surface area (Å²) in [7, 11) is 0. The van der Waals surface area contributed by atoms with E-state index in [4.69, 9.17) is 0 Å². The van der Waals surface area contributed by atoms with E-state index in [1.807, 2.05) is 29.1 Å². The summed E-state index contributed by atoms with van der Waals surface area (Å²) in [4.78, 5) is 24.2. The predicted octanol–water partition coefficient (Wildman–Crippen LogP) is 3.66. The first kappa shape index (κ1) is 20.2. The number of hydrogen-bond acceptors (Lipinski definition) is 2. The van der Waals surface area contributed by atoms with Gasteiger partial charge in [0.05, 0.1) is 11.1 Å². The van der Waals surface area contributed by atoms with Crippen LogP contribution in [0.3, 0.4) is 0 Å². The second kappa shape index (κ2) is 8.64. The lowest BCUT2D eigenvalue weighted by molar-refractivity contribution is -0.137. The highest BCUT2D eigenvalue weighted by Crippen LogP contribution is 2.31. The van der Waals surface area contributed by atoms with Crippen LogP contribution in [0.25, 0.3) is 5.69 Å². The number of carbonyl (C=O) groups excluding carboxylic acids is 2. The molecule has 0 saturated carbocycles. The summed E-state index contributed by atoms with van der Waals surface area (Å²) in [5, 5.41) is 5.01. The number of alkyl halides is 3. The van der Waals surface area contributed by atoms with Crippen LogP contribution in [0, 0.1) is 0 Å². The molecule has 2 amide bonds. The lowest BCUT2D eigenvalue weighted by Gasteiger charge is -2.13. The number of benzene rings is 2. The average molecular weight is 401 g/mol. The molecule has 3 rings (SSSR count). The summed E-state index contributed by atoms with van der Waals surface area (Å²) < 4.78 is 40.8. The topological polar surface area (TPSA) is 63.1 Å². The van der Waals surface area contributed by atoms with Crippen molar-refractivity contribution in [3.63, 3.8) is 0 Å². The second-order valence-electron chi connectivity index (χ2n) is 6.19. The average Bonchev–Trinajstić information content (AvgIpc) is 3.25. The van der Waals surface area contributed by atoms with Crippen molar-refractivity contribution in [3.05, 3.63) is 89.7 Å². The van der Waals surface area contributed by atoms with Gasteiger partial charge in [-0.15, -0.1) is 0 Å². The normalized spacial score (nSPS) is 11.1. The molecule has 0 bridgehead atoms. The molecule has 150 valence electrons. The van der Waals surface area contributed by atoms with E-state index in [1.54, 1.807) is 24.3 Å². The molecule has 3 aromatic rings. The summed E-state index contributed by atoms with van der Waals surface area (Å²) in [6.45, 7) is 0.0797. The maximum Gasteiger partial charge on any atom is 0.417 e. The van der Waals surface area contributed by atoms with Crippen LogP contribution in [-0.4, -0.2) is 29.5 Å². The van der Waals surface area contributed by atoms with Crippen molar-refractivity contribution in [3.8, 4) is 5.69 Å². The Balaban J connectivity index is 1.51. The van der Waals surface area contributed by atoms with Crippen LogP contribution in [0.2, 0.25) is 0 Å². The Hall–Kier alpha value is -3.55. The molecule has 8 heteroatoms. The minimum absolute atomic E-state index is 0.00177. The third-order valence-electron chi connectivity index (χ3n) is 4.21. The van der Waals surface area contributed by atoms with E-state index in [0.29, 0.717) is 5.56 Å². The summed E-state index contributed by atoms with van der Waals surface area (Å²) in [5.74, 6) is -1.18. The summed E-state index contributed by atoms with van der Waals surface area (Å²) in [6, 6.07) is 15.3. The number of carbonyl (C=O) groups is 2. The number of aromatic nitrogens is 1. The largest absolute Gasteiger partial charge is 0.417 e. The van der Waals surface area contributed by atoms with Crippen LogP contribution in [-0.2, 0) is 6.18 Å². The van der Waals surface area contributed by atoms with Gasteiger partial charge in [-0.2, -0.15) is 13.2 Å². The number of amides is 2. The van der Waals surface area contributed by atoms with Crippen LogP contribution >= 0.6 is 0 Å². The predicted molar refractivity (Wildman–Crippen MR) is 102 cm³/mol. The van der Waals surface area contributed by atoms with E-state index >= 15 is 0 Å². The maximum absolute atomic E-state index is 13.0. The smallest absolute Gasteiger partial charge is 0.350 e. The molecule has 0 aliphatic carbocycles. The van der Waals surface area contributed by atoms with Gasteiger partial charge in [-0.25, -0.2) is 0 Å². The maximum atomic E-state index is 13.0. The van der Waals surface area contributed by atoms with Gasteiger partial charge >= 0.3 is 6.18 Å². The van der Waals surface area contributed by atoms with Gasteiger partial charge in [-0.3, -0.25) is 9.59 Å². The summed E-state index contributed by atoms with van der Waals surface area (Å²) in [6.07, 6.45) is -0.849. The van der Waals surface area contributed by atoms with Crippen molar-refractivity contribution in [1.29, 1.82) is 0 Å². The fourth-order valence-electron chi connectivity index (χ4n) is 2.77. The van der Waals surface area contributed by atoms with Gasteiger partial charge in [-0.05, 0) is 48.5 Å². The lowest BCUT2D eigenvalue weighted by Crippen LogP contribution is -2.35. The highest BCUT2D eigenvalue weighted by atomic mass is 19.4. The number of nitrogens with one attached hydrogen (secondary N) is 2.